The molecule has 1 atom stereocenters. The van der Waals surface area contributed by atoms with Crippen LogP contribution in [0.1, 0.15) is 19.3 Å². The minimum absolute atomic E-state index is 0.258. The number of carbonyl (C=O) groups is 1. The van der Waals surface area contributed by atoms with Gasteiger partial charge in [-0.25, -0.2) is 0 Å². The molecule has 114 valence electrons. The minimum atomic E-state index is 0.258. The number of hydrogen-bond acceptors (Lipinski definition) is 3. The van der Waals surface area contributed by atoms with E-state index in [0.717, 1.165) is 49.7 Å². The van der Waals surface area contributed by atoms with Gasteiger partial charge in [0, 0.05) is 28.1 Å². The molecule has 3 nitrogen and oxygen atoms in total. The maximum atomic E-state index is 12.2. The lowest BCUT2D eigenvalue weighted by molar-refractivity contribution is -0.123. The lowest BCUT2D eigenvalue weighted by atomic mass is 9.92. The number of thioether (sulfide) groups is 1. The van der Waals surface area contributed by atoms with E-state index in [1.54, 1.807) is 11.8 Å². The molecule has 0 radical (unpaired) electrons. The molecule has 2 fully saturated rings. The van der Waals surface area contributed by atoms with E-state index in [2.05, 4.69) is 10.6 Å². The summed E-state index contributed by atoms with van der Waals surface area (Å²) in [6.45, 7) is 2.86. The van der Waals surface area contributed by atoms with Crippen molar-refractivity contribution in [2.75, 3.05) is 25.4 Å². The van der Waals surface area contributed by atoms with Gasteiger partial charge < -0.3 is 10.6 Å². The molecule has 1 heterocycles. The van der Waals surface area contributed by atoms with Crippen LogP contribution in [0.2, 0.25) is 5.02 Å². The summed E-state index contributed by atoms with van der Waals surface area (Å²) in [5, 5.41) is 7.22. The van der Waals surface area contributed by atoms with Crippen LogP contribution < -0.4 is 10.6 Å². The van der Waals surface area contributed by atoms with E-state index in [1.807, 2.05) is 24.3 Å². The van der Waals surface area contributed by atoms with Gasteiger partial charge in [0.05, 0.1) is 0 Å². The number of hydrogen-bond donors (Lipinski definition) is 2. The van der Waals surface area contributed by atoms with E-state index < -0.39 is 0 Å². The Morgan fingerprint density at radius 1 is 1.33 bits per heavy atom. The van der Waals surface area contributed by atoms with Crippen molar-refractivity contribution in [2.24, 2.45) is 11.3 Å². The van der Waals surface area contributed by atoms with Gasteiger partial charge in [0.25, 0.3) is 0 Å². The molecule has 0 bridgehead atoms. The highest BCUT2D eigenvalue weighted by Crippen LogP contribution is 2.58. The van der Waals surface area contributed by atoms with Gasteiger partial charge >= 0.3 is 0 Å². The average molecular weight is 325 g/mol. The second-order valence-corrected chi connectivity index (χ2v) is 7.57. The van der Waals surface area contributed by atoms with Crippen molar-refractivity contribution in [3.63, 3.8) is 0 Å². The number of nitrogens with one attached hydrogen (secondary N) is 2. The van der Waals surface area contributed by atoms with Crippen molar-refractivity contribution in [2.45, 2.75) is 24.2 Å². The molecule has 1 saturated heterocycles. The predicted molar refractivity (Wildman–Crippen MR) is 87.8 cm³/mol. The predicted octanol–water partition coefficient (Wildman–Crippen LogP) is 2.94. The molecule has 2 aliphatic rings. The number of carbonyl (C=O) groups excluding carboxylic acids is 1. The van der Waals surface area contributed by atoms with E-state index in [4.69, 9.17) is 11.6 Å². The Labute approximate surface area is 135 Å². The lowest BCUT2D eigenvalue weighted by Crippen LogP contribution is -2.34. The Morgan fingerprint density at radius 2 is 2.05 bits per heavy atom. The first-order valence-corrected chi connectivity index (χ1v) is 8.93. The quantitative estimate of drug-likeness (QED) is 0.646. The van der Waals surface area contributed by atoms with Gasteiger partial charge in [-0.2, -0.15) is 0 Å². The van der Waals surface area contributed by atoms with E-state index in [1.165, 1.54) is 4.90 Å². The van der Waals surface area contributed by atoms with Crippen LogP contribution in [0.4, 0.5) is 0 Å². The molecular weight excluding hydrogens is 304 g/mol. The first kappa shape index (κ1) is 15.2. The van der Waals surface area contributed by atoms with Crippen molar-refractivity contribution < 1.29 is 4.79 Å². The molecule has 1 saturated carbocycles. The molecule has 1 aromatic rings. The van der Waals surface area contributed by atoms with Crippen LogP contribution >= 0.6 is 23.4 Å². The normalized spacial score (nSPS) is 23.0. The second-order valence-electron chi connectivity index (χ2n) is 5.96. The molecule has 3 rings (SSSR count). The Morgan fingerprint density at radius 3 is 2.76 bits per heavy atom. The molecule has 5 heteroatoms. The van der Waals surface area contributed by atoms with E-state index in [-0.39, 0.29) is 11.8 Å². The fourth-order valence-corrected chi connectivity index (χ4v) is 4.09. The molecule has 1 spiro atoms. The van der Waals surface area contributed by atoms with E-state index in [9.17, 15) is 4.79 Å². The zero-order valence-electron chi connectivity index (χ0n) is 12.0. The monoisotopic (exact) mass is 324 g/mol. The number of benzene rings is 1. The van der Waals surface area contributed by atoms with Gasteiger partial charge in [-0.15, -0.1) is 11.8 Å². The summed E-state index contributed by atoms with van der Waals surface area (Å²) in [5.74, 6) is 1.42. The highest BCUT2D eigenvalue weighted by Gasteiger charge is 2.57. The number of rotatable bonds is 5. The minimum Gasteiger partial charge on any atom is -0.355 e. The highest BCUT2D eigenvalue weighted by atomic mass is 35.5. The summed E-state index contributed by atoms with van der Waals surface area (Å²) in [5.41, 5.74) is 0.332. The first-order chi connectivity index (χ1) is 10.2. The van der Waals surface area contributed by atoms with Crippen molar-refractivity contribution in [3.8, 4) is 0 Å². The van der Waals surface area contributed by atoms with Crippen LogP contribution in [0.25, 0.3) is 0 Å². The van der Waals surface area contributed by atoms with Crippen LogP contribution in [0.3, 0.4) is 0 Å². The van der Waals surface area contributed by atoms with Crippen molar-refractivity contribution in [1.29, 1.82) is 0 Å². The third-order valence-electron chi connectivity index (χ3n) is 4.59. The van der Waals surface area contributed by atoms with Gasteiger partial charge in [0.2, 0.25) is 5.91 Å². The largest absolute Gasteiger partial charge is 0.355 e. The Balaban J connectivity index is 1.36. The molecule has 1 aromatic carbocycles. The van der Waals surface area contributed by atoms with Gasteiger partial charge in [-0.3, -0.25) is 4.79 Å². The van der Waals surface area contributed by atoms with Crippen LogP contribution in [-0.2, 0) is 4.79 Å². The fourth-order valence-electron chi connectivity index (χ4n) is 3.19. The summed E-state index contributed by atoms with van der Waals surface area (Å²) in [7, 11) is 0. The van der Waals surface area contributed by atoms with Crippen molar-refractivity contribution in [1.82, 2.24) is 10.6 Å². The molecule has 1 amide bonds. The van der Waals surface area contributed by atoms with Crippen LogP contribution in [0.5, 0.6) is 0 Å². The van der Waals surface area contributed by atoms with Crippen LogP contribution in [0.15, 0.2) is 29.2 Å². The number of piperidine rings is 1. The summed E-state index contributed by atoms with van der Waals surface area (Å²) < 4.78 is 0. The Bertz CT molecular complexity index is 500. The fraction of sp³-hybridized carbons (Fsp3) is 0.562. The molecule has 1 aliphatic carbocycles. The van der Waals surface area contributed by atoms with Gasteiger partial charge in [0.1, 0.15) is 0 Å². The third kappa shape index (κ3) is 3.74. The molecule has 1 aliphatic heterocycles. The number of amides is 1. The molecule has 2 N–H and O–H groups in total. The second kappa shape index (κ2) is 6.59. The van der Waals surface area contributed by atoms with E-state index >= 15 is 0 Å². The van der Waals surface area contributed by atoms with Gasteiger partial charge in [-0.1, -0.05) is 11.6 Å². The van der Waals surface area contributed by atoms with Crippen LogP contribution in [0, 0.1) is 11.3 Å². The topological polar surface area (TPSA) is 41.1 Å². The maximum Gasteiger partial charge on any atom is 0.223 e. The molecule has 0 aromatic heterocycles. The average Bonchev–Trinajstić information content (AvgIpc) is 3.19. The zero-order chi connectivity index (χ0) is 14.7. The Hall–Kier alpha value is -0.710. The standard InChI is InChI=1S/C16H21ClN2OS/c17-12-1-3-13(4-2-12)21-10-9-19-15(20)14-11-16(14)5-7-18-8-6-16/h1-4,14,18H,5-11H2,(H,19,20)/t14-/m1/s1. The van der Waals surface area contributed by atoms with Crippen LogP contribution in [-0.4, -0.2) is 31.3 Å². The number of halogens is 1. The molecular formula is C16H21ClN2OS. The zero-order valence-corrected chi connectivity index (χ0v) is 13.6. The van der Waals surface area contributed by atoms with Crippen molar-refractivity contribution in [3.05, 3.63) is 29.3 Å². The van der Waals surface area contributed by atoms with Gasteiger partial charge in [-0.05, 0) is 62.0 Å². The lowest BCUT2D eigenvalue weighted by Gasteiger charge is -2.23. The van der Waals surface area contributed by atoms with Crippen molar-refractivity contribution >= 4 is 29.3 Å². The smallest absolute Gasteiger partial charge is 0.223 e. The molecule has 21 heavy (non-hydrogen) atoms. The van der Waals surface area contributed by atoms with Gasteiger partial charge in [0.15, 0.2) is 0 Å². The summed E-state index contributed by atoms with van der Waals surface area (Å²) in [6.07, 6.45) is 3.40. The Kier molecular flexibility index (Phi) is 4.77. The van der Waals surface area contributed by atoms with E-state index in [0.29, 0.717) is 5.41 Å². The summed E-state index contributed by atoms with van der Waals surface area (Å²) in [4.78, 5) is 13.4. The third-order valence-corrected chi connectivity index (χ3v) is 5.85. The summed E-state index contributed by atoms with van der Waals surface area (Å²) in [6, 6.07) is 7.82. The highest BCUT2D eigenvalue weighted by molar-refractivity contribution is 7.99. The SMILES string of the molecule is O=C(NCCSc1ccc(Cl)cc1)[C@H]1CC12CCNCC2. The maximum absolute atomic E-state index is 12.2. The molecule has 0 unspecified atom stereocenters. The summed E-state index contributed by atoms with van der Waals surface area (Å²) >= 11 is 7.60. The first-order valence-electron chi connectivity index (χ1n) is 7.56.